The molecule has 0 radical (unpaired) electrons. The maximum Gasteiger partial charge on any atom is 0.174 e. The smallest absolute Gasteiger partial charge is 0.174 e. The largest absolute Gasteiger partial charge is 0.415 e. The summed E-state index contributed by atoms with van der Waals surface area (Å²) in [6.45, 7) is 14.5. The Morgan fingerprint density at radius 2 is 1.71 bits per heavy atom. The van der Waals surface area contributed by atoms with Crippen LogP contribution in [0.5, 0.6) is 0 Å². The summed E-state index contributed by atoms with van der Waals surface area (Å²) in [5.74, 6) is 0. The molecule has 0 aromatic carbocycles. The average Bonchev–Trinajstić information content (AvgIpc) is 2.18. The van der Waals surface area contributed by atoms with Crippen molar-refractivity contribution in [1.82, 2.24) is 0 Å². The molecule has 0 aromatic heterocycles. The van der Waals surface area contributed by atoms with E-state index in [0.717, 1.165) is 0 Å². The van der Waals surface area contributed by atoms with Crippen molar-refractivity contribution in [2.45, 2.75) is 90.2 Å². The lowest BCUT2D eigenvalue weighted by molar-refractivity contribution is 0.0930. The molecular weight excluding hydrogens is 240 g/mol. The van der Waals surface area contributed by atoms with E-state index in [1.807, 2.05) is 0 Å². The van der Waals surface area contributed by atoms with E-state index in [4.69, 9.17) is 4.43 Å². The number of unbranched alkanes of at least 4 members (excludes halogenated alkanes) is 3. The van der Waals surface area contributed by atoms with E-state index in [2.05, 4.69) is 40.4 Å². The molecule has 0 aromatic rings. The average molecular weight is 273 g/mol. The van der Waals surface area contributed by atoms with Gasteiger partial charge in [0.25, 0.3) is 0 Å². The first-order valence-corrected chi connectivity index (χ1v) is 14.2. The fourth-order valence-electron chi connectivity index (χ4n) is 3.11. The Morgan fingerprint density at radius 3 is 2.24 bits per heavy atom. The van der Waals surface area contributed by atoms with E-state index in [0.29, 0.717) is 0 Å². The van der Waals surface area contributed by atoms with Crippen molar-refractivity contribution in [2.24, 2.45) is 0 Å². The molecule has 0 bridgehead atoms. The SMILES string of the molecule is CCCCCC[Si]1(C)CCC(C)(C)O[Si]1(C)C. The van der Waals surface area contributed by atoms with E-state index in [9.17, 15) is 0 Å². The van der Waals surface area contributed by atoms with Gasteiger partial charge in [-0.1, -0.05) is 51.2 Å². The van der Waals surface area contributed by atoms with Crippen LogP contribution >= 0.6 is 0 Å². The van der Waals surface area contributed by atoms with Crippen LogP contribution in [0.25, 0.3) is 0 Å². The molecule has 1 aliphatic rings. The normalized spacial score (nSPS) is 31.4. The Kier molecular flexibility index (Phi) is 5.07. The highest BCUT2D eigenvalue weighted by Gasteiger charge is 2.52. The predicted molar refractivity (Wildman–Crippen MR) is 82.6 cm³/mol. The van der Waals surface area contributed by atoms with Crippen molar-refractivity contribution in [3.63, 3.8) is 0 Å². The van der Waals surface area contributed by atoms with E-state index in [1.165, 1.54) is 44.2 Å². The van der Waals surface area contributed by atoms with Crippen molar-refractivity contribution in [3.8, 4) is 0 Å². The molecule has 1 atom stereocenters. The second-order valence-corrected chi connectivity index (χ2v) is 21.8. The van der Waals surface area contributed by atoms with E-state index in [-0.39, 0.29) is 5.60 Å². The monoisotopic (exact) mass is 272 g/mol. The molecule has 1 aliphatic heterocycles. The Morgan fingerprint density at radius 1 is 1.06 bits per heavy atom. The van der Waals surface area contributed by atoms with Crippen LogP contribution in [0.1, 0.15) is 52.9 Å². The molecule has 0 saturated carbocycles. The number of hydrogen-bond acceptors (Lipinski definition) is 1. The fourth-order valence-corrected chi connectivity index (χ4v) is 14.6. The Bertz CT molecular complexity index is 251. The molecular formula is C14H32OSi2. The van der Waals surface area contributed by atoms with Gasteiger partial charge in [0, 0.05) is 0 Å². The molecule has 1 heterocycles. The molecule has 0 spiro atoms. The molecule has 0 aliphatic carbocycles. The quantitative estimate of drug-likeness (QED) is 0.498. The predicted octanol–water partition coefficient (Wildman–Crippen LogP) is 5.13. The van der Waals surface area contributed by atoms with E-state index >= 15 is 0 Å². The third-order valence-electron chi connectivity index (χ3n) is 4.85. The van der Waals surface area contributed by atoms with Gasteiger partial charge in [-0.25, -0.2) is 0 Å². The first-order chi connectivity index (χ1) is 7.72. The van der Waals surface area contributed by atoms with Crippen LogP contribution in [0.15, 0.2) is 0 Å². The van der Waals surface area contributed by atoms with Crippen molar-refractivity contribution in [2.75, 3.05) is 0 Å². The molecule has 0 N–H and O–H groups in total. The van der Waals surface area contributed by atoms with Gasteiger partial charge < -0.3 is 4.43 Å². The Balaban J connectivity index is 2.56. The van der Waals surface area contributed by atoms with Gasteiger partial charge in [-0.3, -0.25) is 0 Å². The van der Waals surface area contributed by atoms with Crippen LogP contribution in [0, 0.1) is 0 Å². The molecule has 102 valence electrons. The van der Waals surface area contributed by atoms with E-state index < -0.39 is 15.4 Å². The second kappa shape index (κ2) is 5.58. The van der Waals surface area contributed by atoms with Crippen molar-refractivity contribution in [3.05, 3.63) is 0 Å². The van der Waals surface area contributed by atoms with E-state index in [1.54, 1.807) is 0 Å². The highest BCUT2D eigenvalue weighted by atomic mass is 29.3. The number of hydrogen-bond donors (Lipinski definition) is 0. The fraction of sp³-hybridized carbons (Fsp3) is 1.00. The third-order valence-corrected chi connectivity index (χ3v) is 22.2. The molecule has 1 nitrogen and oxygen atoms in total. The van der Waals surface area contributed by atoms with Crippen LogP contribution in [-0.4, -0.2) is 21.0 Å². The van der Waals surface area contributed by atoms with Gasteiger partial charge in [0.15, 0.2) is 7.83 Å². The van der Waals surface area contributed by atoms with Gasteiger partial charge in [0.2, 0.25) is 0 Å². The maximum absolute atomic E-state index is 6.53. The minimum absolute atomic E-state index is 0.158. The van der Waals surface area contributed by atoms with Gasteiger partial charge in [-0.2, -0.15) is 0 Å². The van der Waals surface area contributed by atoms with Crippen molar-refractivity contribution >= 4 is 15.4 Å². The summed E-state index contributed by atoms with van der Waals surface area (Å²) in [5.41, 5.74) is 0.158. The summed E-state index contributed by atoms with van der Waals surface area (Å²) >= 11 is 0. The Labute approximate surface area is 110 Å². The summed E-state index contributed by atoms with van der Waals surface area (Å²) in [5, 5.41) is 0. The lowest BCUT2D eigenvalue weighted by atomic mass is 10.1. The first-order valence-electron chi connectivity index (χ1n) is 7.43. The third kappa shape index (κ3) is 3.93. The summed E-state index contributed by atoms with van der Waals surface area (Å²) < 4.78 is 6.53. The van der Waals surface area contributed by atoms with Gasteiger partial charge in [0.05, 0.1) is 13.2 Å². The molecule has 3 heteroatoms. The highest BCUT2D eigenvalue weighted by Crippen LogP contribution is 2.41. The number of rotatable bonds is 5. The topological polar surface area (TPSA) is 9.23 Å². The van der Waals surface area contributed by atoms with Gasteiger partial charge in [-0.15, -0.1) is 0 Å². The Hall–Kier alpha value is 0.394. The zero-order valence-corrected chi connectivity index (χ0v) is 14.9. The summed E-state index contributed by atoms with van der Waals surface area (Å²) in [6, 6.07) is 3.02. The van der Waals surface area contributed by atoms with Crippen LogP contribution in [0.4, 0.5) is 0 Å². The first kappa shape index (κ1) is 15.5. The van der Waals surface area contributed by atoms with Crippen LogP contribution in [0.2, 0.25) is 31.7 Å². The molecule has 0 amide bonds. The minimum Gasteiger partial charge on any atom is -0.415 e. The van der Waals surface area contributed by atoms with Gasteiger partial charge in [0.1, 0.15) is 0 Å². The standard InChI is InChI=1S/C14H32OSi2/c1-7-8-9-10-12-17(6)13-11-14(2,3)15-16(17,4)5/h7-13H2,1-6H3. The maximum atomic E-state index is 6.53. The molecule has 17 heavy (non-hydrogen) atoms. The van der Waals surface area contributed by atoms with Crippen molar-refractivity contribution < 1.29 is 4.43 Å². The zero-order valence-electron chi connectivity index (χ0n) is 12.9. The minimum atomic E-state index is -1.40. The van der Waals surface area contributed by atoms with Crippen molar-refractivity contribution in [1.29, 1.82) is 0 Å². The zero-order chi connectivity index (χ0) is 13.2. The highest BCUT2D eigenvalue weighted by molar-refractivity contribution is 7.38. The molecule has 1 rings (SSSR count). The molecule has 1 unspecified atom stereocenters. The van der Waals surface area contributed by atoms with Crippen LogP contribution in [0.3, 0.4) is 0 Å². The van der Waals surface area contributed by atoms with Gasteiger partial charge in [-0.05, 0) is 33.4 Å². The van der Waals surface area contributed by atoms with Crippen LogP contribution in [-0.2, 0) is 4.43 Å². The summed E-state index contributed by atoms with van der Waals surface area (Å²) in [7, 11) is -2.49. The second-order valence-electron chi connectivity index (χ2n) is 7.24. The lowest BCUT2D eigenvalue weighted by Gasteiger charge is -2.51. The molecule has 1 fully saturated rings. The van der Waals surface area contributed by atoms with Gasteiger partial charge >= 0.3 is 0 Å². The summed E-state index contributed by atoms with van der Waals surface area (Å²) in [6.07, 6.45) is 6.95. The summed E-state index contributed by atoms with van der Waals surface area (Å²) in [4.78, 5) is 0. The van der Waals surface area contributed by atoms with Crippen LogP contribution < -0.4 is 0 Å². The molecule has 1 saturated heterocycles. The lowest BCUT2D eigenvalue weighted by Crippen LogP contribution is -2.65.